The molecule has 0 atom stereocenters. The summed E-state index contributed by atoms with van der Waals surface area (Å²) in [5, 5.41) is 11.3. The van der Waals surface area contributed by atoms with Crippen molar-refractivity contribution in [3.8, 4) is 17.2 Å². The van der Waals surface area contributed by atoms with E-state index in [4.69, 9.17) is 25.9 Å². The van der Waals surface area contributed by atoms with Gasteiger partial charge in [0.15, 0.2) is 5.58 Å². The standard InChI is InChI=1S/C23H20ClNO4/c24-16-8-11-21-20(14-16)25-23(29-21)19-6-4-5-15-13-17(9-10-18(15)19)28-12-3-1-2-7-22(26)27/h4-6,8-11,13-14H,1-3,7,12H2,(H,26,27). The molecule has 1 N–H and O–H groups in total. The lowest BCUT2D eigenvalue weighted by atomic mass is 10.0. The first kappa shape index (κ1) is 19.3. The number of hydrogen-bond donors (Lipinski definition) is 1. The lowest BCUT2D eigenvalue weighted by Gasteiger charge is -2.08. The maximum absolute atomic E-state index is 10.5. The molecule has 4 aromatic rings. The Morgan fingerprint density at radius 3 is 2.83 bits per heavy atom. The zero-order chi connectivity index (χ0) is 20.2. The van der Waals surface area contributed by atoms with Crippen molar-refractivity contribution in [2.45, 2.75) is 25.7 Å². The number of rotatable bonds is 8. The molecule has 1 heterocycles. The quantitative estimate of drug-likeness (QED) is 0.344. The van der Waals surface area contributed by atoms with Gasteiger partial charge in [-0.25, -0.2) is 4.98 Å². The molecule has 0 aliphatic carbocycles. The predicted octanol–water partition coefficient (Wildman–Crippen LogP) is 6.33. The van der Waals surface area contributed by atoms with Crippen molar-refractivity contribution in [3.63, 3.8) is 0 Å². The van der Waals surface area contributed by atoms with Crippen LogP contribution in [-0.4, -0.2) is 22.7 Å². The molecule has 1 aromatic heterocycles. The largest absolute Gasteiger partial charge is 0.494 e. The Kier molecular flexibility index (Phi) is 5.67. The number of fused-ring (bicyclic) bond motifs is 2. The second kappa shape index (κ2) is 8.53. The molecule has 148 valence electrons. The van der Waals surface area contributed by atoms with E-state index in [0.29, 0.717) is 29.5 Å². The molecule has 29 heavy (non-hydrogen) atoms. The monoisotopic (exact) mass is 409 g/mol. The van der Waals surface area contributed by atoms with Crippen LogP contribution in [0.25, 0.3) is 33.3 Å². The number of aromatic nitrogens is 1. The fourth-order valence-corrected chi connectivity index (χ4v) is 3.47. The highest BCUT2D eigenvalue weighted by Crippen LogP contribution is 2.33. The third-order valence-electron chi connectivity index (χ3n) is 4.74. The lowest BCUT2D eigenvalue weighted by molar-refractivity contribution is -0.137. The Morgan fingerprint density at radius 2 is 1.97 bits per heavy atom. The van der Waals surface area contributed by atoms with E-state index >= 15 is 0 Å². The molecule has 0 saturated heterocycles. The van der Waals surface area contributed by atoms with Crippen molar-refractivity contribution in [1.29, 1.82) is 0 Å². The van der Waals surface area contributed by atoms with Crippen LogP contribution < -0.4 is 4.74 Å². The molecule has 4 rings (SSSR count). The van der Waals surface area contributed by atoms with E-state index in [-0.39, 0.29) is 6.42 Å². The number of unbranched alkanes of at least 4 members (excludes halogenated alkanes) is 2. The van der Waals surface area contributed by atoms with Crippen LogP contribution in [0.3, 0.4) is 0 Å². The Balaban J connectivity index is 1.51. The molecule has 0 aliphatic rings. The highest BCUT2D eigenvalue weighted by molar-refractivity contribution is 6.31. The normalized spacial score (nSPS) is 11.2. The number of carboxylic acids is 1. The average Bonchev–Trinajstić information content (AvgIpc) is 3.12. The summed E-state index contributed by atoms with van der Waals surface area (Å²) in [4.78, 5) is 15.1. The van der Waals surface area contributed by atoms with Crippen molar-refractivity contribution in [2.75, 3.05) is 6.61 Å². The summed E-state index contributed by atoms with van der Waals surface area (Å²) < 4.78 is 11.8. The molecule has 5 nitrogen and oxygen atoms in total. The first-order valence-corrected chi connectivity index (χ1v) is 9.92. The first-order chi connectivity index (χ1) is 14.1. The molecule has 0 bridgehead atoms. The molecule has 0 spiro atoms. The van der Waals surface area contributed by atoms with E-state index in [1.54, 1.807) is 12.1 Å². The summed E-state index contributed by atoms with van der Waals surface area (Å²) in [7, 11) is 0. The fraction of sp³-hybridized carbons (Fsp3) is 0.217. The molecule has 0 amide bonds. The summed E-state index contributed by atoms with van der Waals surface area (Å²) >= 11 is 6.05. The Bertz CT molecular complexity index is 1170. The summed E-state index contributed by atoms with van der Waals surface area (Å²) in [6, 6.07) is 17.3. The summed E-state index contributed by atoms with van der Waals surface area (Å²) in [5.74, 6) is 0.593. The second-order valence-corrected chi connectivity index (χ2v) is 7.31. The van der Waals surface area contributed by atoms with Gasteiger partial charge in [-0.3, -0.25) is 4.79 Å². The van der Waals surface area contributed by atoms with Crippen LogP contribution in [0.4, 0.5) is 0 Å². The third kappa shape index (κ3) is 4.51. The summed E-state index contributed by atoms with van der Waals surface area (Å²) in [6.45, 7) is 0.566. The van der Waals surface area contributed by atoms with Crippen LogP contribution in [0, 0.1) is 0 Å². The van der Waals surface area contributed by atoms with E-state index in [1.165, 1.54) is 0 Å². The molecule has 0 saturated carbocycles. The van der Waals surface area contributed by atoms with Gasteiger partial charge in [0.05, 0.1) is 6.61 Å². The molecule has 0 unspecified atom stereocenters. The molecule has 0 radical (unpaired) electrons. The van der Waals surface area contributed by atoms with Crippen molar-refractivity contribution in [2.24, 2.45) is 0 Å². The minimum atomic E-state index is -0.752. The zero-order valence-electron chi connectivity index (χ0n) is 15.7. The number of aliphatic carboxylic acids is 1. The fourth-order valence-electron chi connectivity index (χ4n) is 3.30. The van der Waals surface area contributed by atoms with Crippen LogP contribution >= 0.6 is 11.6 Å². The summed E-state index contributed by atoms with van der Waals surface area (Å²) in [5.41, 5.74) is 2.34. The topological polar surface area (TPSA) is 72.6 Å². The maximum atomic E-state index is 10.5. The van der Waals surface area contributed by atoms with Crippen molar-refractivity contribution in [1.82, 2.24) is 4.98 Å². The molecular weight excluding hydrogens is 390 g/mol. The van der Waals surface area contributed by atoms with E-state index in [2.05, 4.69) is 4.98 Å². The molecule has 3 aromatic carbocycles. The van der Waals surface area contributed by atoms with Gasteiger partial charge in [-0.05, 0) is 72.5 Å². The number of halogens is 1. The zero-order valence-corrected chi connectivity index (χ0v) is 16.5. The molecule has 0 fully saturated rings. The van der Waals surface area contributed by atoms with E-state index < -0.39 is 5.97 Å². The van der Waals surface area contributed by atoms with Crippen molar-refractivity contribution < 1.29 is 19.1 Å². The van der Waals surface area contributed by atoms with Crippen molar-refractivity contribution in [3.05, 3.63) is 59.6 Å². The van der Waals surface area contributed by atoms with Gasteiger partial charge in [0.25, 0.3) is 0 Å². The molecule has 6 heteroatoms. The number of carboxylic acid groups (broad SMARTS) is 1. The van der Waals surface area contributed by atoms with Crippen molar-refractivity contribution >= 4 is 39.4 Å². The predicted molar refractivity (Wildman–Crippen MR) is 114 cm³/mol. The number of oxazole rings is 1. The van der Waals surface area contributed by atoms with Crippen LogP contribution in [0.1, 0.15) is 25.7 Å². The number of carbonyl (C=O) groups is 1. The highest BCUT2D eigenvalue weighted by atomic mass is 35.5. The summed E-state index contributed by atoms with van der Waals surface area (Å²) in [6.07, 6.45) is 2.55. The minimum Gasteiger partial charge on any atom is -0.494 e. The van der Waals surface area contributed by atoms with E-state index in [1.807, 2.05) is 42.5 Å². The van der Waals surface area contributed by atoms with Gasteiger partial charge in [-0.15, -0.1) is 0 Å². The lowest BCUT2D eigenvalue weighted by Crippen LogP contribution is -1.99. The number of nitrogens with zero attached hydrogens (tertiary/aromatic N) is 1. The number of benzene rings is 3. The SMILES string of the molecule is O=C(O)CCCCCOc1ccc2c(-c3nc4cc(Cl)ccc4o3)cccc2c1. The van der Waals surface area contributed by atoms with Gasteiger partial charge in [-0.2, -0.15) is 0 Å². The Hall–Kier alpha value is -3.05. The van der Waals surface area contributed by atoms with Gasteiger partial charge >= 0.3 is 5.97 Å². The number of hydrogen-bond acceptors (Lipinski definition) is 4. The Morgan fingerprint density at radius 1 is 1.07 bits per heavy atom. The maximum Gasteiger partial charge on any atom is 0.303 e. The highest BCUT2D eigenvalue weighted by Gasteiger charge is 2.12. The minimum absolute atomic E-state index is 0.209. The Labute approximate surface area is 172 Å². The third-order valence-corrected chi connectivity index (χ3v) is 4.97. The van der Waals surface area contributed by atoms with Crippen LogP contribution in [-0.2, 0) is 4.79 Å². The first-order valence-electron chi connectivity index (χ1n) is 9.54. The van der Waals surface area contributed by atoms with Gasteiger partial charge in [-0.1, -0.05) is 23.7 Å². The molecular formula is C23H20ClNO4. The average molecular weight is 410 g/mol. The second-order valence-electron chi connectivity index (χ2n) is 6.87. The van der Waals surface area contributed by atoms with Gasteiger partial charge in [0.2, 0.25) is 5.89 Å². The number of ether oxygens (including phenoxy) is 1. The van der Waals surface area contributed by atoms with Gasteiger partial charge in [0.1, 0.15) is 11.3 Å². The smallest absolute Gasteiger partial charge is 0.303 e. The van der Waals surface area contributed by atoms with E-state index in [9.17, 15) is 4.79 Å². The van der Waals surface area contributed by atoms with E-state index in [0.717, 1.165) is 40.4 Å². The van der Waals surface area contributed by atoms with Gasteiger partial charge in [0, 0.05) is 17.0 Å². The molecule has 0 aliphatic heterocycles. The van der Waals surface area contributed by atoms with Crippen LogP contribution in [0.2, 0.25) is 5.02 Å². The van der Waals surface area contributed by atoms with Gasteiger partial charge < -0.3 is 14.3 Å². The van der Waals surface area contributed by atoms with Crippen LogP contribution in [0.5, 0.6) is 5.75 Å². The van der Waals surface area contributed by atoms with Crippen LogP contribution in [0.15, 0.2) is 59.0 Å².